The van der Waals surface area contributed by atoms with E-state index in [4.69, 9.17) is 16.3 Å². The van der Waals surface area contributed by atoms with Gasteiger partial charge >= 0.3 is 0 Å². The van der Waals surface area contributed by atoms with Gasteiger partial charge in [-0.05, 0) is 55.9 Å². The van der Waals surface area contributed by atoms with Gasteiger partial charge in [0.2, 0.25) is 5.95 Å². The first-order valence-corrected chi connectivity index (χ1v) is 14.0. The van der Waals surface area contributed by atoms with Gasteiger partial charge in [-0.3, -0.25) is 13.6 Å². The van der Waals surface area contributed by atoms with Gasteiger partial charge in [0.25, 0.3) is 5.56 Å². The lowest BCUT2D eigenvalue weighted by Gasteiger charge is -2.30. The summed E-state index contributed by atoms with van der Waals surface area (Å²) in [6.07, 6.45) is 3.34. The van der Waals surface area contributed by atoms with Crippen molar-refractivity contribution in [3.63, 3.8) is 0 Å². The van der Waals surface area contributed by atoms with Crippen LogP contribution in [0.25, 0.3) is 22.2 Å². The highest BCUT2D eigenvalue weighted by atomic mass is 35.5. The molecule has 3 heterocycles. The fourth-order valence-electron chi connectivity index (χ4n) is 4.48. The summed E-state index contributed by atoms with van der Waals surface area (Å²) in [6.45, 7) is 4.84. The number of likely N-dealkylation sites (N-methyl/N-ethyl adjacent to an activating group) is 1. The van der Waals surface area contributed by atoms with Crippen molar-refractivity contribution >= 4 is 45.1 Å². The molecule has 5 rings (SSSR count). The zero-order valence-electron chi connectivity index (χ0n) is 20.9. The molecule has 4 aromatic rings. The van der Waals surface area contributed by atoms with Crippen LogP contribution >= 0.6 is 11.6 Å². The molecule has 2 aromatic carbocycles. The number of morpholine rings is 1. The minimum absolute atomic E-state index is 0.0596. The quantitative estimate of drug-likeness (QED) is 0.384. The molecule has 0 spiro atoms. The number of aryl methyl sites for hydroxylation is 1. The Morgan fingerprint density at radius 3 is 2.65 bits per heavy atom. The van der Waals surface area contributed by atoms with Gasteiger partial charge in [-0.25, -0.2) is 4.98 Å². The van der Waals surface area contributed by atoms with Crippen molar-refractivity contribution in [2.75, 3.05) is 38.3 Å². The Labute approximate surface area is 222 Å². The maximum atomic E-state index is 13.5. The van der Waals surface area contributed by atoms with Gasteiger partial charge in [-0.1, -0.05) is 23.7 Å². The first-order chi connectivity index (χ1) is 17.8. The SMILES string of the molecule is CCn1c(=O)c(-c2cc(S(C)=O)ccc2Cl)cc2cnc(Nc3ccc(C4CN(C)CCO4)cc3)nc21. The van der Waals surface area contributed by atoms with Gasteiger partial charge in [0.1, 0.15) is 5.65 Å². The van der Waals surface area contributed by atoms with Crippen molar-refractivity contribution in [1.29, 1.82) is 0 Å². The smallest absolute Gasteiger partial charge is 0.260 e. The van der Waals surface area contributed by atoms with Gasteiger partial charge < -0.3 is 15.0 Å². The van der Waals surface area contributed by atoms with E-state index in [0.717, 1.165) is 30.9 Å². The molecule has 2 atom stereocenters. The monoisotopic (exact) mass is 537 g/mol. The van der Waals surface area contributed by atoms with E-state index in [2.05, 4.69) is 27.2 Å². The molecule has 2 unspecified atom stereocenters. The summed E-state index contributed by atoms with van der Waals surface area (Å²) >= 11 is 6.44. The van der Waals surface area contributed by atoms with Crippen molar-refractivity contribution in [3.8, 4) is 11.1 Å². The lowest BCUT2D eigenvalue weighted by atomic mass is 10.1. The van der Waals surface area contributed by atoms with E-state index in [9.17, 15) is 9.00 Å². The minimum Gasteiger partial charge on any atom is -0.371 e. The van der Waals surface area contributed by atoms with Gasteiger partial charge in [-0.2, -0.15) is 4.98 Å². The third-order valence-corrected chi connectivity index (χ3v) is 7.76. The Morgan fingerprint density at radius 1 is 1.16 bits per heavy atom. The molecule has 1 N–H and O–H groups in total. The molecule has 0 aliphatic carbocycles. The normalized spacial score (nSPS) is 17.1. The molecular formula is C27H28ClN5O3S. The molecule has 0 saturated carbocycles. The number of nitrogens with one attached hydrogen (secondary N) is 1. The van der Waals surface area contributed by atoms with Crippen LogP contribution in [0.2, 0.25) is 5.02 Å². The lowest BCUT2D eigenvalue weighted by molar-refractivity contribution is -0.0208. The van der Waals surface area contributed by atoms with Gasteiger partial charge in [0.05, 0.1) is 12.7 Å². The van der Waals surface area contributed by atoms with Gasteiger partial charge in [0, 0.05) is 75.0 Å². The fourth-order valence-corrected chi connectivity index (χ4v) is 5.25. The number of anilines is 2. The highest BCUT2D eigenvalue weighted by Crippen LogP contribution is 2.30. The van der Waals surface area contributed by atoms with Crippen LogP contribution in [-0.4, -0.2) is 56.6 Å². The van der Waals surface area contributed by atoms with E-state index in [-0.39, 0.29) is 11.7 Å². The predicted octanol–water partition coefficient (Wildman–Crippen LogP) is 4.62. The molecule has 2 aromatic heterocycles. The molecule has 0 radical (unpaired) electrons. The number of aromatic nitrogens is 3. The zero-order chi connectivity index (χ0) is 26.1. The molecular weight excluding hydrogens is 510 g/mol. The van der Waals surface area contributed by atoms with Crippen LogP contribution in [0.3, 0.4) is 0 Å². The molecule has 8 nitrogen and oxygen atoms in total. The number of rotatable bonds is 6. The predicted molar refractivity (Wildman–Crippen MR) is 148 cm³/mol. The highest BCUT2D eigenvalue weighted by molar-refractivity contribution is 7.84. The standard InChI is InChI=1S/C27H28ClN5O3S/c1-4-33-25-18(13-22(26(33)34)21-14-20(37(3)35)9-10-23(21)28)15-29-27(31-25)30-19-7-5-17(6-8-19)24-16-32(2)11-12-36-24/h5-10,13-15,24H,4,11-12,16H2,1-3H3,(H,29,30,31). The van der Waals surface area contributed by atoms with Crippen molar-refractivity contribution in [2.24, 2.45) is 0 Å². The number of ether oxygens (including phenoxy) is 1. The molecule has 1 fully saturated rings. The number of benzene rings is 2. The molecule has 1 saturated heterocycles. The summed E-state index contributed by atoms with van der Waals surface area (Å²) in [5.74, 6) is 0.393. The third-order valence-electron chi connectivity index (χ3n) is 6.51. The van der Waals surface area contributed by atoms with Gasteiger partial charge in [-0.15, -0.1) is 0 Å². The van der Waals surface area contributed by atoms with E-state index >= 15 is 0 Å². The van der Waals surface area contributed by atoms with Crippen LogP contribution in [0.15, 0.2) is 64.4 Å². The maximum Gasteiger partial charge on any atom is 0.260 e. The fraction of sp³-hybridized carbons (Fsp3) is 0.296. The van der Waals surface area contributed by atoms with Crippen LogP contribution in [0.1, 0.15) is 18.6 Å². The van der Waals surface area contributed by atoms with E-state index in [1.807, 2.05) is 31.2 Å². The van der Waals surface area contributed by atoms with Gasteiger partial charge in [0.15, 0.2) is 0 Å². The molecule has 37 heavy (non-hydrogen) atoms. The Bertz CT molecular complexity index is 1540. The second kappa shape index (κ2) is 10.7. The van der Waals surface area contributed by atoms with Crippen molar-refractivity contribution in [1.82, 2.24) is 19.4 Å². The molecule has 192 valence electrons. The van der Waals surface area contributed by atoms with Crippen molar-refractivity contribution < 1.29 is 8.95 Å². The Kier molecular flexibility index (Phi) is 7.39. The zero-order valence-corrected chi connectivity index (χ0v) is 22.5. The number of hydrogen-bond donors (Lipinski definition) is 1. The summed E-state index contributed by atoms with van der Waals surface area (Å²) in [5.41, 5.74) is 3.22. The average molecular weight is 538 g/mol. The third kappa shape index (κ3) is 5.31. The summed E-state index contributed by atoms with van der Waals surface area (Å²) in [5, 5.41) is 4.36. The summed E-state index contributed by atoms with van der Waals surface area (Å²) < 4.78 is 19.5. The number of nitrogens with zero attached hydrogens (tertiary/aromatic N) is 4. The van der Waals surface area contributed by atoms with Crippen LogP contribution in [0.5, 0.6) is 0 Å². The Balaban J connectivity index is 1.47. The Hall–Kier alpha value is -3.11. The van der Waals surface area contributed by atoms with E-state index in [0.29, 0.717) is 44.6 Å². The van der Waals surface area contributed by atoms with Crippen LogP contribution in [-0.2, 0) is 22.1 Å². The molecule has 1 aliphatic heterocycles. The Morgan fingerprint density at radius 2 is 1.95 bits per heavy atom. The topological polar surface area (TPSA) is 89.4 Å². The average Bonchev–Trinajstić information content (AvgIpc) is 2.89. The van der Waals surface area contributed by atoms with Crippen molar-refractivity contribution in [2.45, 2.75) is 24.5 Å². The number of pyridine rings is 1. The maximum absolute atomic E-state index is 13.5. The number of fused-ring (bicyclic) bond motifs is 1. The largest absolute Gasteiger partial charge is 0.371 e. The minimum atomic E-state index is -1.20. The number of hydrogen-bond acceptors (Lipinski definition) is 7. The second-order valence-corrected chi connectivity index (χ2v) is 10.8. The molecule has 0 bridgehead atoms. The first kappa shape index (κ1) is 25.5. The number of halogens is 1. The van der Waals surface area contributed by atoms with Crippen LogP contribution in [0.4, 0.5) is 11.6 Å². The summed E-state index contributed by atoms with van der Waals surface area (Å²) in [7, 11) is 0.898. The second-order valence-electron chi connectivity index (χ2n) is 9.04. The van der Waals surface area contributed by atoms with E-state index < -0.39 is 10.8 Å². The summed E-state index contributed by atoms with van der Waals surface area (Å²) in [4.78, 5) is 25.5. The first-order valence-electron chi connectivity index (χ1n) is 12.0. The molecule has 1 aliphatic rings. The van der Waals surface area contributed by atoms with Crippen LogP contribution < -0.4 is 10.9 Å². The molecule has 0 amide bonds. The van der Waals surface area contributed by atoms with Crippen molar-refractivity contribution in [3.05, 3.63) is 75.7 Å². The highest BCUT2D eigenvalue weighted by Gasteiger charge is 2.20. The summed E-state index contributed by atoms with van der Waals surface area (Å²) in [6, 6.07) is 14.9. The van der Waals surface area contributed by atoms with E-state index in [1.165, 1.54) is 0 Å². The molecule has 10 heteroatoms. The van der Waals surface area contributed by atoms with Crippen LogP contribution in [0, 0.1) is 0 Å². The lowest BCUT2D eigenvalue weighted by Crippen LogP contribution is -2.35. The van der Waals surface area contributed by atoms with E-state index in [1.54, 1.807) is 41.3 Å².